The van der Waals surface area contributed by atoms with Crippen LogP contribution in [-0.2, 0) is 0 Å². The van der Waals surface area contributed by atoms with Gasteiger partial charge >= 0.3 is 0 Å². The summed E-state index contributed by atoms with van der Waals surface area (Å²) in [4.78, 5) is 16.2. The second-order valence-electron chi connectivity index (χ2n) is 4.66. The number of halogens is 1. The Labute approximate surface area is 113 Å². The minimum absolute atomic E-state index is 0.0597. The minimum Gasteiger partial charge on any atom is -0.349 e. The zero-order chi connectivity index (χ0) is 13.7. The van der Waals surface area contributed by atoms with Gasteiger partial charge in [0.05, 0.1) is 0 Å². The Bertz CT molecular complexity index is 443. The fourth-order valence-electron chi connectivity index (χ4n) is 1.56. The average molecular weight is 267 g/mol. The Morgan fingerprint density at radius 2 is 2.17 bits per heavy atom. The van der Waals surface area contributed by atoms with Crippen molar-refractivity contribution in [1.82, 2.24) is 10.3 Å². The first kappa shape index (κ1) is 14.7. The van der Waals surface area contributed by atoms with Crippen LogP contribution in [0.15, 0.2) is 24.8 Å². The summed E-state index contributed by atoms with van der Waals surface area (Å²) in [6, 6.07) is 3.43. The number of hydrogen-bond acceptors (Lipinski definition) is 2. The van der Waals surface area contributed by atoms with Crippen molar-refractivity contribution in [2.45, 2.75) is 39.2 Å². The van der Waals surface area contributed by atoms with Gasteiger partial charge in [0.2, 0.25) is 0 Å². The summed E-state index contributed by atoms with van der Waals surface area (Å²) in [7, 11) is 0. The lowest BCUT2D eigenvalue weighted by molar-refractivity contribution is 0.0940. The highest BCUT2D eigenvalue weighted by atomic mass is 35.5. The minimum atomic E-state index is -0.129. The molecule has 98 valence electrons. The van der Waals surface area contributed by atoms with Crippen molar-refractivity contribution >= 4 is 17.5 Å². The highest BCUT2D eigenvalue weighted by Gasteiger charge is 2.12. The zero-order valence-corrected chi connectivity index (χ0v) is 11.8. The molecule has 1 atom stereocenters. The van der Waals surface area contributed by atoms with Gasteiger partial charge in [-0.05, 0) is 31.4 Å². The van der Waals surface area contributed by atoms with Gasteiger partial charge in [-0.25, -0.2) is 4.98 Å². The summed E-state index contributed by atoms with van der Waals surface area (Å²) in [5.74, 6) is 0.108. The SMILES string of the molecule is C=CCC(C)NC(=O)c1cc(Cl)nc(C(C)C)c1. The topological polar surface area (TPSA) is 42.0 Å². The molecule has 0 spiro atoms. The van der Waals surface area contributed by atoms with Gasteiger partial charge in [0, 0.05) is 17.3 Å². The van der Waals surface area contributed by atoms with Crippen LogP contribution >= 0.6 is 11.6 Å². The molecule has 0 bridgehead atoms. The van der Waals surface area contributed by atoms with E-state index in [1.807, 2.05) is 20.8 Å². The van der Waals surface area contributed by atoms with E-state index in [0.29, 0.717) is 10.7 Å². The molecular formula is C14H19ClN2O. The molecule has 0 fully saturated rings. The van der Waals surface area contributed by atoms with Crippen LogP contribution < -0.4 is 5.32 Å². The average Bonchev–Trinajstić information content (AvgIpc) is 2.28. The Hall–Kier alpha value is -1.35. The Kier molecular flexibility index (Phi) is 5.35. The molecule has 1 N–H and O–H groups in total. The summed E-state index contributed by atoms with van der Waals surface area (Å²) in [5.41, 5.74) is 1.37. The van der Waals surface area contributed by atoms with Crippen LogP contribution in [0.4, 0.5) is 0 Å². The van der Waals surface area contributed by atoms with Crippen LogP contribution in [0.1, 0.15) is 49.2 Å². The molecule has 1 aromatic heterocycles. The number of rotatable bonds is 5. The zero-order valence-electron chi connectivity index (χ0n) is 11.0. The molecule has 0 radical (unpaired) electrons. The second kappa shape index (κ2) is 6.55. The predicted molar refractivity (Wildman–Crippen MR) is 75.1 cm³/mol. The third-order valence-corrected chi connectivity index (χ3v) is 2.76. The predicted octanol–water partition coefficient (Wildman–Crippen LogP) is 3.55. The normalized spacial score (nSPS) is 12.3. The molecule has 0 saturated heterocycles. The maximum atomic E-state index is 12.0. The van der Waals surface area contributed by atoms with E-state index in [-0.39, 0.29) is 17.9 Å². The van der Waals surface area contributed by atoms with E-state index in [0.717, 1.165) is 12.1 Å². The van der Waals surface area contributed by atoms with Crippen LogP contribution in [-0.4, -0.2) is 16.9 Å². The molecule has 1 rings (SSSR count). The molecule has 0 aliphatic heterocycles. The third kappa shape index (κ3) is 4.15. The summed E-state index contributed by atoms with van der Waals surface area (Å²) >= 11 is 5.93. The third-order valence-electron chi connectivity index (χ3n) is 2.57. The number of carbonyl (C=O) groups is 1. The van der Waals surface area contributed by atoms with Crippen molar-refractivity contribution in [1.29, 1.82) is 0 Å². The number of carbonyl (C=O) groups excluding carboxylic acids is 1. The summed E-state index contributed by atoms with van der Waals surface area (Å²) in [6.45, 7) is 9.62. The number of amides is 1. The van der Waals surface area contributed by atoms with Crippen molar-refractivity contribution in [3.63, 3.8) is 0 Å². The van der Waals surface area contributed by atoms with Crippen molar-refractivity contribution in [2.75, 3.05) is 0 Å². The molecule has 0 saturated carbocycles. The van der Waals surface area contributed by atoms with Crippen molar-refractivity contribution in [3.8, 4) is 0 Å². The largest absolute Gasteiger partial charge is 0.349 e. The van der Waals surface area contributed by atoms with Crippen molar-refractivity contribution < 1.29 is 4.79 Å². The van der Waals surface area contributed by atoms with Crippen molar-refractivity contribution in [3.05, 3.63) is 41.2 Å². The van der Waals surface area contributed by atoms with Gasteiger partial charge in [0.25, 0.3) is 5.91 Å². The van der Waals surface area contributed by atoms with Gasteiger partial charge in [-0.1, -0.05) is 31.5 Å². The summed E-state index contributed by atoms with van der Waals surface area (Å²) in [6.07, 6.45) is 2.52. The molecule has 0 aromatic carbocycles. The van der Waals surface area contributed by atoms with E-state index in [9.17, 15) is 4.79 Å². The first-order chi connectivity index (χ1) is 8.43. The Morgan fingerprint density at radius 1 is 1.50 bits per heavy atom. The smallest absolute Gasteiger partial charge is 0.251 e. The monoisotopic (exact) mass is 266 g/mol. The first-order valence-corrected chi connectivity index (χ1v) is 6.41. The first-order valence-electron chi connectivity index (χ1n) is 6.03. The van der Waals surface area contributed by atoms with Gasteiger partial charge in [0.15, 0.2) is 0 Å². The van der Waals surface area contributed by atoms with E-state index in [2.05, 4.69) is 16.9 Å². The van der Waals surface area contributed by atoms with E-state index in [1.165, 1.54) is 0 Å². The number of aromatic nitrogens is 1. The highest BCUT2D eigenvalue weighted by molar-refractivity contribution is 6.29. The number of nitrogens with zero attached hydrogens (tertiary/aromatic N) is 1. The van der Waals surface area contributed by atoms with Crippen LogP contribution in [0.3, 0.4) is 0 Å². The van der Waals surface area contributed by atoms with E-state index in [1.54, 1.807) is 18.2 Å². The van der Waals surface area contributed by atoms with Crippen molar-refractivity contribution in [2.24, 2.45) is 0 Å². The molecule has 4 heteroatoms. The van der Waals surface area contributed by atoms with Gasteiger partial charge in [-0.2, -0.15) is 0 Å². The van der Waals surface area contributed by atoms with Gasteiger partial charge in [-0.3, -0.25) is 4.79 Å². The molecule has 1 unspecified atom stereocenters. The fraction of sp³-hybridized carbons (Fsp3) is 0.429. The molecule has 0 aliphatic rings. The summed E-state index contributed by atoms with van der Waals surface area (Å²) in [5, 5.41) is 3.24. The lowest BCUT2D eigenvalue weighted by Gasteiger charge is -2.13. The number of pyridine rings is 1. The molecule has 18 heavy (non-hydrogen) atoms. The maximum absolute atomic E-state index is 12.0. The standard InChI is InChI=1S/C14H19ClN2O/c1-5-6-10(4)16-14(18)11-7-12(9(2)3)17-13(15)8-11/h5,7-10H,1,6H2,2-4H3,(H,16,18). The molecule has 0 aliphatic carbocycles. The Balaban J connectivity index is 2.88. The molecule has 1 aromatic rings. The van der Waals surface area contributed by atoms with Gasteiger partial charge < -0.3 is 5.32 Å². The molecular weight excluding hydrogens is 248 g/mol. The molecule has 1 heterocycles. The van der Waals surface area contributed by atoms with Gasteiger partial charge in [-0.15, -0.1) is 6.58 Å². The fourth-order valence-corrected chi connectivity index (χ4v) is 1.78. The lowest BCUT2D eigenvalue weighted by Crippen LogP contribution is -2.32. The lowest BCUT2D eigenvalue weighted by atomic mass is 10.1. The number of hydrogen-bond donors (Lipinski definition) is 1. The quantitative estimate of drug-likeness (QED) is 0.654. The number of nitrogens with one attached hydrogen (secondary N) is 1. The van der Waals surface area contributed by atoms with Crippen LogP contribution in [0.2, 0.25) is 5.15 Å². The van der Waals surface area contributed by atoms with Crippen LogP contribution in [0.25, 0.3) is 0 Å². The summed E-state index contributed by atoms with van der Waals surface area (Å²) < 4.78 is 0. The van der Waals surface area contributed by atoms with Crippen LogP contribution in [0.5, 0.6) is 0 Å². The molecule has 3 nitrogen and oxygen atoms in total. The molecule has 1 amide bonds. The second-order valence-corrected chi connectivity index (χ2v) is 5.04. The van der Waals surface area contributed by atoms with E-state index >= 15 is 0 Å². The maximum Gasteiger partial charge on any atom is 0.251 e. The Morgan fingerprint density at radius 3 is 2.72 bits per heavy atom. The van der Waals surface area contributed by atoms with E-state index < -0.39 is 0 Å². The van der Waals surface area contributed by atoms with Gasteiger partial charge in [0.1, 0.15) is 5.15 Å². The highest BCUT2D eigenvalue weighted by Crippen LogP contribution is 2.17. The van der Waals surface area contributed by atoms with Crippen LogP contribution in [0, 0.1) is 0 Å². The van der Waals surface area contributed by atoms with E-state index in [4.69, 9.17) is 11.6 Å².